The highest BCUT2D eigenvalue weighted by Gasteiger charge is 2.50. The van der Waals surface area contributed by atoms with E-state index in [4.69, 9.17) is 14.2 Å². The zero-order valence-electron chi connectivity index (χ0n) is 13.7. The molecule has 1 aliphatic heterocycles. The summed E-state index contributed by atoms with van der Waals surface area (Å²) in [4.78, 5) is 11.3. The highest BCUT2D eigenvalue weighted by molar-refractivity contribution is 5.72. The van der Waals surface area contributed by atoms with Crippen molar-refractivity contribution in [3.63, 3.8) is 0 Å². The van der Waals surface area contributed by atoms with E-state index in [0.29, 0.717) is 0 Å². The van der Waals surface area contributed by atoms with E-state index in [1.807, 2.05) is 0 Å². The Morgan fingerprint density at radius 2 is 2.08 bits per heavy atom. The van der Waals surface area contributed by atoms with Gasteiger partial charge in [0.15, 0.2) is 0 Å². The smallest absolute Gasteiger partial charge is 0.416 e. The van der Waals surface area contributed by atoms with Crippen LogP contribution in [0.15, 0.2) is 24.3 Å². The Hall–Kier alpha value is -1.84. The first-order valence-corrected chi connectivity index (χ1v) is 8.21. The van der Waals surface area contributed by atoms with Gasteiger partial charge >= 0.3 is 12.1 Å². The van der Waals surface area contributed by atoms with Gasteiger partial charge in [-0.3, -0.25) is 4.79 Å². The van der Waals surface area contributed by atoms with Crippen LogP contribution < -0.4 is 4.74 Å². The number of ether oxygens (including phenoxy) is 3. The normalized spacial score (nSPS) is 29.3. The zero-order valence-corrected chi connectivity index (χ0v) is 13.7. The lowest BCUT2D eigenvalue weighted by Gasteiger charge is -2.22. The molecule has 26 heavy (non-hydrogen) atoms. The van der Waals surface area contributed by atoms with Crippen LogP contribution in [0.4, 0.5) is 13.2 Å². The number of benzene rings is 1. The summed E-state index contributed by atoms with van der Waals surface area (Å²) < 4.78 is 53.7. The fourth-order valence-corrected chi connectivity index (χ4v) is 3.30. The highest BCUT2D eigenvalue weighted by Crippen LogP contribution is 2.38. The third-order valence-electron chi connectivity index (χ3n) is 4.52. The van der Waals surface area contributed by atoms with Crippen molar-refractivity contribution >= 4 is 5.97 Å². The molecule has 9 heteroatoms. The third kappa shape index (κ3) is 4.28. The molecule has 1 aromatic carbocycles. The predicted octanol–water partition coefficient (Wildman–Crippen LogP) is 1.53. The van der Waals surface area contributed by atoms with E-state index in [0.717, 1.165) is 12.1 Å². The van der Waals surface area contributed by atoms with E-state index < -0.39 is 30.1 Å². The van der Waals surface area contributed by atoms with Gasteiger partial charge in [-0.25, -0.2) is 0 Å². The van der Waals surface area contributed by atoms with Crippen LogP contribution in [0.2, 0.25) is 0 Å². The third-order valence-corrected chi connectivity index (χ3v) is 4.52. The van der Waals surface area contributed by atoms with E-state index in [-0.39, 0.29) is 49.8 Å². The molecule has 3 rings (SSSR count). The summed E-state index contributed by atoms with van der Waals surface area (Å²) in [5, 5.41) is 19.9. The van der Waals surface area contributed by atoms with E-state index in [9.17, 15) is 28.2 Å². The van der Waals surface area contributed by atoms with Crippen LogP contribution in [0.3, 0.4) is 0 Å². The van der Waals surface area contributed by atoms with Gasteiger partial charge in [0.1, 0.15) is 24.6 Å². The van der Waals surface area contributed by atoms with Crippen molar-refractivity contribution in [3.8, 4) is 5.75 Å². The number of halogens is 3. The number of carbonyl (C=O) groups is 1. The summed E-state index contributed by atoms with van der Waals surface area (Å²) in [7, 11) is 0. The van der Waals surface area contributed by atoms with Gasteiger partial charge in [0.25, 0.3) is 0 Å². The van der Waals surface area contributed by atoms with Gasteiger partial charge in [-0.05, 0) is 18.2 Å². The molecule has 1 saturated carbocycles. The molecule has 1 aromatic rings. The van der Waals surface area contributed by atoms with Crippen LogP contribution in [0, 0.1) is 5.92 Å². The van der Waals surface area contributed by atoms with Crippen molar-refractivity contribution in [3.05, 3.63) is 29.8 Å². The molecule has 0 spiro atoms. The number of fused-ring (bicyclic) bond motifs is 1. The van der Waals surface area contributed by atoms with Gasteiger partial charge in [0, 0.05) is 12.3 Å². The Labute approximate surface area is 147 Å². The van der Waals surface area contributed by atoms with Gasteiger partial charge in [0.05, 0.1) is 30.8 Å². The first kappa shape index (κ1) is 18.9. The number of carbonyl (C=O) groups excluding carboxylic acids is 1. The molecule has 2 N–H and O–H groups in total. The summed E-state index contributed by atoms with van der Waals surface area (Å²) >= 11 is 0. The van der Waals surface area contributed by atoms with Crippen LogP contribution >= 0.6 is 0 Å². The Balaban J connectivity index is 1.47. The summed E-state index contributed by atoms with van der Waals surface area (Å²) in [6.45, 7) is -0.453. The van der Waals surface area contributed by atoms with E-state index in [2.05, 4.69) is 0 Å². The maximum absolute atomic E-state index is 12.6. The van der Waals surface area contributed by atoms with Crippen molar-refractivity contribution in [2.45, 2.75) is 43.4 Å². The lowest BCUT2D eigenvalue weighted by Crippen LogP contribution is -2.34. The number of rotatable bonds is 6. The minimum atomic E-state index is -4.48. The number of hydrogen-bond acceptors (Lipinski definition) is 6. The van der Waals surface area contributed by atoms with Crippen LogP contribution in [-0.2, 0) is 20.4 Å². The molecular weight excluding hydrogens is 357 g/mol. The fraction of sp³-hybridized carbons (Fsp3) is 0.588. The van der Waals surface area contributed by atoms with Gasteiger partial charge in [-0.2, -0.15) is 13.2 Å². The maximum atomic E-state index is 12.6. The molecule has 0 aromatic heterocycles. The molecule has 1 saturated heterocycles. The quantitative estimate of drug-likeness (QED) is 0.733. The van der Waals surface area contributed by atoms with E-state index in [1.165, 1.54) is 12.1 Å². The van der Waals surface area contributed by atoms with Crippen LogP contribution in [0.25, 0.3) is 0 Å². The first-order valence-electron chi connectivity index (χ1n) is 8.21. The van der Waals surface area contributed by atoms with Gasteiger partial charge in [0.2, 0.25) is 0 Å². The predicted molar refractivity (Wildman–Crippen MR) is 81.3 cm³/mol. The molecule has 2 fully saturated rings. The minimum absolute atomic E-state index is 0.0189. The number of alkyl halides is 3. The molecule has 2 aliphatic rings. The first-order chi connectivity index (χ1) is 12.2. The highest BCUT2D eigenvalue weighted by atomic mass is 19.4. The van der Waals surface area contributed by atoms with Crippen molar-refractivity contribution < 1.29 is 42.4 Å². The van der Waals surface area contributed by atoms with Gasteiger partial charge in [-0.1, -0.05) is 6.07 Å². The molecule has 1 unspecified atom stereocenters. The van der Waals surface area contributed by atoms with Crippen LogP contribution in [0.5, 0.6) is 5.75 Å². The molecule has 1 heterocycles. The molecule has 6 nitrogen and oxygen atoms in total. The lowest BCUT2D eigenvalue weighted by atomic mass is 10.0. The van der Waals surface area contributed by atoms with Crippen LogP contribution in [-0.4, -0.2) is 53.8 Å². The summed E-state index contributed by atoms with van der Waals surface area (Å²) in [5.41, 5.74) is -0.841. The summed E-state index contributed by atoms with van der Waals surface area (Å²) in [5.74, 6) is -0.613. The molecule has 5 atom stereocenters. The topological polar surface area (TPSA) is 85.2 Å². The molecule has 0 bridgehead atoms. The SMILES string of the molecule is O=C1C[C@H]2[C@H](OCC(O)COc3cccc(C(F)(F)F)c3)[C@@H](O)C[C@H]2O1. The monoisotopic (exact) mass is 376 g/mol. The number of aliphatic hydroxyl groups is 2. The Morgan fingerprint density at radius 3 is 2.81 bits per heavy atom. The fourth-order valence-electron chi connectivity index (χ4n) is 3.30. The molecular formula is C17H19F3O6. The minimum Gasteiger partial charge on any atom is -0.491 e. The molecule has 0 radical (unpaired) electrons. The largest absolute Gasteiger partial charge is 0.491 e. The van der Waals surface area contributed by atoms with Gasteiger partial charge in [-0.15, -0.1) is 0 Å². The van der Waals surface area contributed by atoms with E-state index in [1.54, 1.807) is 0 Å². The Kier molecular flexibility index (Phi) is 5.40. The number of aliphatic hydroxyl groups excluding tert-OH is 2. The van der Waals surface area contributed by atoms with Crippen molar-refractivity contribution in [2.75, 3.05) is 13.2 Å². The van der Waals surface area contributed by atoms with Gasteiger partial charge < -0.3 is 24.4 Å². The molecule has 1 aliphatic carbocycles. The maximum Gasteiger partial charge on any atom is 0.416 e. The average Bonchev–Trinajstić information content (AvgIpc) is 3.05. The Bertz CT molecular complexity index is 650. The lowest BCUT2D eigenvalue weighted by molar-refractivity contribution is -0.142. The summed E-state index contributed by atoms with van der Waals surface area (Å²) in [6.07, 6.45) is -6.93. The second-order valence-electron chi connectivity index (χ2n) is 6.49. The Morgan fingerprint density at radius 1 is 1.31 bits per heavy atom. The standard InChI is InChI=1S/C17H19F3O6/c18-17(19,20)9-2-1-3-11(4-9)24-7-10(21)8-25-16-12-5-15(23)26-14(12)6-13(16)22/h1-4,10,12-14,16,21-22H,5-8H2/t10?,12-,13+,14-,16+/m1/s1. The second-order valence-corrected chi connectivity index (χ2v) is 6.49. The average molecular weight is 376 g/mol. The zero-order chi connectivity index (χ0) is 18.9. The molecule has 0 amide bonds. The second kappa shape index (κ2) is 7.42. The summed E-state index contributed by atoms with van der Waals surface area (Å²) in [6, 6.07) is 4.35. The van der Waals surface area contributed by atoms with Crippen molar-refractivity contribution in [2.24, 2.45) is 5.92 Å². The van der Waals surface area contributed by atoms with Crippen molar-refractivity contribution in [1.82, 2.24) is 0 Å². The number of hydrogen-bond donors (Lipinski definition) is 2. The number of esters is 1. The van der Waals surface area contributed by atoms with E-state index >= 15 is 0 Å². The van der Waals surface area contributed by atoms with Crippen molar-refractivity contribution in [1.29, 1.82) is 0 Å². The van der Waals surface area contributed by atoms with Crippen LogP contribution in [0.1, 0.15) is 18.4 Å². The molecule has 144 valence electrons.